The normalized spacial score (nSPS) is 19.1. The van der Waals surface area contributed by atoms with Crippen molar-refractivity contribution in [3.63, 3.8) is 0 Å². The van der Waals surface area contributed by atoms with E-state index in [0.29, 0.717) is 6.54 Å². The summed E-state index contributed by atoms with van der Waals surface area (Å²) in [7, 11) is 0. The quantitative estimate of drug-likeness (QED) is 0.886. The molecule has 4 heteroatoms. The number of hydrogen-bond donors (Lipinski definition) is 2. The molecule has 0 bridgehead atoms. The average molecular weight is 339 g/mol. The fraction of sp³-hybridized carbons (Fsp3) is 0.562. The molecule has 0 saturated carbocycles. The Morgan fingerprint density at radius 3 is 2.90 bits per heavy atom. The zero-order valence-corrected chi connectivity index (χ0v) is 14.0. The van der Waals surface area contributed by atoms with Crippen LogP contribution in [0.15, 0.2) is 22.7 Å². The largest absolute Gasteiger partial charge is 0.355 e. The van der Waals surface area contributed by atoms with Crippen molar-refractivity contribution in [1.29, 1.82) is 0 Å². The second-order valence-electron chi connectivity index (χ2n) is 6.25. The molecule has 2 rings (SSSR count). The van der Waals surface area contributed by atoms with Crippen LogP contribution in [-0.2, 0) is 10.2 Å². The monoisotopic (exact) mass is 338 g/mol. The number of aryl methyl sites for hydroxylation is 1. The topological polar surface area (TPSA) is 41.1 Å². The van der Waals surface area contributed by atoms with E-state index in [1.807, 2.05) is 0 Å². The highest BCUT2D eigenvalue weighted by Gasteiger charge is 2.27. The van der Waals surface area contributed by atoms with E-state index in [-0.39, 0.29) is 17.2 Å². The standard InChI is InChI=1S/C16H23BrN2O/c1-11-4-5-13(17)8-14(11)16(2,3)10-19-15(20)12-6-7-18-9-12/h4-5,8,12,18H,6-7,9-10H2,1-3H3,(H,19,20). The van der Waals surface area contributed by atoms with E-state index in [2.05, 4.69) is 65.5 Å². The van der Waals surface area contributed by atoms with Crippen molar-refractivity contribution in [1.82, 2.24) is 10.6 Å². The lowest BCUT2D eigenvalue weighted by atomic mass is 9.82. The summed E-state index contributed by atoms with van der Waals surface area (Å²) < 4.78 is 1.08. The maximum Gasteiger partial charge on any atom is 0.224 e. The van der Waals surface area contributed by atoms with E-state index < -0.39 is 0 Å². The highest BCUT2D eigenvalue weighted by Crippen LogP contribution is 2.28. The first-order chi connectivity index (χ1) is 9.40. The summed E-state index contributed by atoms with van der Waals surface area (Å²) in [6.07, 6.45) is 0.947. The fourth-order valence-electron chi connectivity index (χ4n) is 2.75. The van der Waals surface area contributed by atoms with Crippen LogP contribution < -0.4 is 10.6 Å². The molecular weight excluding hydrogens is 316 g/mol. The van der Waals surface area contributed by atoms with Gasteiger partial charge in [-0.25, -0.2) is 0 Å². The van der Waals surface area contributed by atoms with E-state index in [1.54, 1.807) is 0 Å². The minimum absolute atomic E-state index is 0.0739. The van der Waals surface area contributed by atoms with Gasteiger partial charge >= 0.3 is 0 Å². The highest BCUT2D eigenvalue weighted by atomic mass is 79.9. The third kappa shape index (κ3) is 3.61. The smallest absolute Gasteiger partial charge is 0.224 e. The molecule has 1 aliphatic rings. The molecule has 1 unspecified atom stereocenters. The second kappa shape index (κ2) is 6.27. The van der Waals surface area contributed by atoms with E-state index in [1.165, 1.54) is 11.1 Å². The molecule has 1 aromatic carbocycles. The third-order valence-electron chi connectivity index (χ3n) is 4.06. The Balaban J connectivity index is 2.03. The molecule has 3 nitrogen and oxygen atoms in total. The summed E-state index contributed by atoms with van der Waals surface area (Å²) in [4.78, 5) is 12.1. The molecule has 0 aliphatic carbocycles. The van der Waals surface area contributed by atoms with Crippen LogP contribution in [0.2, 0.25) is 0 Å². The number of hydrogen-bond acceptors (Lipinski definition) is 2. The molecule has 0 radical (unpaired) electrons. The average Bonchev–Trinajstić information content (AvgIpc) is 2.93. The molecule has 1 fully saturated rings. The van der Waals surface area contributed by atoms with Gasteiger partial charge in [0.2, 0.25) is 5.91 Å². The summed E-state index contributed by atoms with van der Waals surface area (Å²) in [5.74, 6) is 0.310. The lowest BCUT2D eigenvalue weighted by Crippen LogP contribution is -2.40. The number of amides is 1. The van der Waals surface area contributed by atoms with Crippen LogP contribution in [0.5, 0.6) is 0 Å². The molecule has 0 aromatic heterocycles. The van der Waals surface area contributed by atoms with E-state index in [0.717, 1.165) is 24.0 Å². The van der Waals surface area contributed by atoms with Crippen molar-refractivity contribution in [2.45, 2.75) is 32.6 Å². The Kier molecular flexibility index (Phi) is 4.86. The predicted molar refractivity (Wildman–Crippen MR) is 85.9 cm³/mol. The van der Waals surface area contributed by atoms with Crippen molar-refractivity contribution in [2.24, 2.45) is 5.92 Å². The molecule has 110 valence electrons. The summed E-state index contributed by atoms with van der Waals surface area (Å²) in [5, 5.41) is 6.35. The number of nitrogens with one attached hydrogen (secondary N) is 2. The number of rotatable bonds is 4. The maximum absolute atomic E-state index is 12.1. The zero-order valence-electron chi connectivity index (χ0n) is 12.4. The van der Waals surface area contributed by atoms with Gasteiger partial charge in [-0.05, 0) is 43.1 Å². The van der Waals surface area contributed by atoms with Crippen molar-refractivity contribution in [3.05, 3.63) is 33.8 Å². The molecule has 1 heterocycles. The lowest BCUT2D eigenvalue weighted by molar-refractivity contribution is -0.124. The van der Waals surface area contributed by atoms with Crippen molar-refractivity contribution in [2.75, 3.05) is 19.6 Å². The van der Waals surface area contributed by atoms with Crippen LogP contribution in [0, 0.1) is 12.8 Å². The van der Waals surface area contributed by atoms with E-state index in [9.17, 15) is 4.79 Å². The highest BCUT2D eigenvalue weighted by molar-refractivity contribution is 9.10. The number of carbonyl (C=O) groups excluding carboxylic acids is 1. The first kappa shape index (κ1) is 15.5. The van der Waals surface area contributed by atoms with Crippen LogP contribution >= 0.6 is 15.9 Å². The molecule has 1 amide bonds. The van der Waals surface area contributed by atoms with Gasteiger partial charge in [-0.3, -0.25) is 4.79 Å². The fourth-order valence-corrected chi connectivity index (χ4v) is 3.11. The van der Waals surface area contributed by atoms with Crippen LogP contribution in [0.3, 0.4) is 0 Å². The first-order valence-electron chi connectivity index (χ1n) is 7.15. The van der Waals surface area contributed by atoms with Crippen molar-refractivity contribution >= 4 is 21.8 Å². The van der Waals surface area contributed by atoms with Crippen LogP contribution in [0.1, 0.15) is 31.4 Å². The van der Waals surface area contributed by atoms with Gasteiger partial charge in [-0.1, -0.05) is 35.8 Å². The predicted octanol–water partition coefficient (Wildman–Crippen LogP) is 2.76. The number of benzene rings is 1. The van der Waals surface area contributed by atoms with E-state index in [4.69, 9.17) is 0 Å². The zero-order chi connectivity index (χ0) is 14.8. The van der Waals surface area contributed by atoms with Crippen molar-refractivity contribution in [3.8, 4) is 0 Å². The Morgan fingerprint density at radius 2 is 2.25 bits per heavy atom. The maximum atomic E-state index is 12.1. The Hall–Kier alpha value is -0.870. The number of carbonyl (C=O) groups is 1. The Morgan fingerprint density at radius 1 is 1.50 bits per heavy atom. The van der Waals surface area contributed by atoms with Gasteiger partial charge in [0, 0.05) is 23.0 Å². The SMILES string of the molecule is Cc1ccc(Br)cc1C(C)(C)CNC(=O)C1CCNC1. The van der Waals surface area contributed by atoms with Gasteiger partial charge in [0.15, 0.2) is 0 Å². The summed E-state index contributed by atoms with van der Waals surface area (Å²) in [6, 6.07) is 6.32. The first-order valence-corrected chi connectivity index (χ1v) is 7.94. The summed E-state index contributed by atoms with van der Waals surface area (Å²) in [5.41, 5.74) is 2.46. The molecular formula is C16H23BrN2O. The number of halogens is 1. The molecule has 20 heavy (non-hydrogen) atoms. The minimum atomic E-state index is -0.0739. The van der Waals surface area contributed by atoms with Gasteiger partial charge < -0.3 is 10.6 Å². The second-order valence-corrected chi connectivity index (χ2v) is 7.17. The summed E-state index contributed by atoms with van der Waals surface area (Å²) in [6.45, 7) is 8.89. The molecule has 1 aromatic rings. The van der Waals surface area contributed by atoms with Gasteiger partial charge in [-0.2, -0.15) is 0 Å². The van der Waals surface area contributed by atoms with E-state index >= 15 is 0 Å². The molecule has 1 atom stereocenters. The van der Waals surface area contributed by atoms with Crippen LogP contribution in [-0.4, -0.2) is 25.5 Å². The van der Waals surface area contributed by atoms with Crippen molar-refractivity contribution < 1.29 is 4.79 Å². The van der Waals surface area contributed by atoms with Gasteiger partial charge in [-0.15, -0.1) is 0 Å². The lowest BCUT2D eigenvalue weighted by Gasteiger charge is -2.28. The van der Waals surface area contributed by atoms with Crippen LogP contribution in [0.4, 0.5) is 0 Å². The summed E-state index contributed by atoms with van der Waals surface area (Å²) >= 11 is 3.53. The minimum Gasteiger partial charge on any atom is -0.355 e. The van der Waals surface area contributed by atoms with Gasteiger partial charge in [0.05, 0.1) is 5.92 Å². The van der Waals surface area contributed by atoms with Gasteiger partial charge in [0.25, 0.3) is 0 Å². The molecule has 1 saturated heterocycles. The molecule has 0 spiro atoms. The molecule has 2 N–H and O–H groups in total. The van der Waals surface area contributed by atoms with Crippen LogP contribution in [0.25, 0.3) is 0 Å². The Bertz CT molecular complexity index is 493. The van der Waals surface area contributed by atoms with Gasteiger partial charge in [0.1, 0.15) is 0 Å². The molecule has 1 aliphatic heterocycles. The third-order valence-corrected chi connectivity index (χ3v) is 4.56. The Labute approximate surface area is 129 Å².